The molecule has 0 aliphatic rings. The fourth-order valence-corrected chi connectivity index (χ4v) is 3.62. The number of likely N-dealkylation sites (N-methyl/N-ethyl adjacent to an activating group) is 1. The second-order valence-electron chi connectivity index (χ2n) is 4.44. The number of carboxylic acids is 1. The van der Waals surface area contributed by atoms with E-state index >= 15 is 0 Å². The fourth-order valence-electron chi connectivity index (χ4n) is 1.99. The summed E-state index contributed by atoms with van der Waals surface area (Å²) in [7, 11) is -2.99. The first kappa shape index (κ1) is 17.1. The number of benzene rings is 1. The second kappa shape index (κ2) is 6.19. The van der Waals surface area contributed by atoms with Gasteiger partial charge in [0.2, 0.25) is 10.0 Å². The van der Waals surface area contributed by atoms with Gasteiger partial charge in [-0.05, 0) is 19.4 Å². The minimum atomic E-state index is -4.13. The van der Waals surface area contributed by atoms with Gasteiger partial charge in [0.1, 0.15) is 6.04 Å². The zero-order valence-electron chi connectivity index (χ0n) is 11.8. The molecule has 9 heteroatoms. The number of nitrogens with zero attached hydrogens (tertiary/aromatic N) is 2. The van der Waals surface area contributed by atoms with Gasteiger partial charge in [-0.25, -0.2) is 8.42 Å². The first-order valence-corrected chi connectivity index (χ1v) is 7.53. The maximum Gasteiger partial charge on any atom is 0.321 e. The van der Waals surface area contributed by atoms with Gasteiger partial charge in [-0.15, -0.1) is 0 Å². The Morgan fingerprint density at radius 3 is 2.48 bits per heavy atom. The Morgan fingerprint density at radius 2 is 2.05 bits per heavy atom. The molecule has 8 nitrogen and oxygen atoms in total. The summed E-state index contributed by atoms with van der Waals surface area (Å²) in [4.78, 5) is 21.0. The average molecular weight is 316 g/mol. The van der Waals surface area contributed by atoms with Crippen LogP contribution in [0.4, 0.5) is 5.69 Å². The normalized spacial score (nSPS) is 13.1. The maximum absolute atomic E-state index is 12.5. The SMILES string of the molecule is CCC(C(=O)O)N(C)S(=O)(=O)c1cccc([N+](=O)[O-])c1C. The number of carboxylic acid groups (broad SMARTS) is 1. The topological polar surface area (TPSA) is 118 Å². The van der Waals surface area contributed by atoms with Crippen molar-refractivity contribution in [2.75, 3.05) is 7.05 Å². The van der Waals surface area contributed by atoms with E-state index in [9.17, 15) is 23.3 Å². The molecule has 1 atom stereocenters. The summed E-state index contributed by atoms with van der Waals surface area (Å²) < 4.78 is 25.7. The molecule has 0 heterocycles. The van der Waals surface area contributed by atoms with Crippen molar-refractivity contribution >= 4 is 21.7 Å². The maximum atomic E-state index is 12.5. The molecule has 0 spiro atoms. The first-order valence-electron chi connectivity index (χ1n) is 6.09. The lowest BCUT2D eigenvalue weighted by Crippen LogP contribution is -2.42. The molecule has 116 valence electrons. The number of aliphatic carboxylic acids is 1. The van der Waals surface area contributed by atoms with Crippen molar-refractivity contribution in [1.29, 1.82) is 0 Å². The van der Waals surface area contributed by atoms with E-state index in [1.807, 2.05) is 0 Å². The van der Waals surface area contributed by atoms with E-state index in [1.54, 1.807) is 6.92 Å². The molecule has 0 aliphatic heterocycles. The molecule has 1 aromatic carbocycles. The van der Waals surface area contributed by atoms with Crippen LogP contribution >= 0.6 is 0 Å². The van der Waals surface area contributed by atoms with Gasteiger partial charge in [0, 0.05) is 18.7 Å². The van der Waals surface area contributed by atoms with E-state index < -0.39 is 27.0 Å². The molecule has 0 aromatic heterocycles. The van der Waals surface area contributed by atoms with Crippen LogP contribution in [0.25, 0.3) is 0 Å². The Morgan fingerprint density at radius 1 is 1.48 bits per heavy atom. The summed E-state index contributed by atoms with van der Waals surface area (Å²) in [6, 6.07) is 2.45. The highest BCUT2D eigenvalue weighted by Gasteiger charge is 2.33. The first-order chi connectivity index (χ1) is 9.64. The van der Waals surface area contributed by atoms with Crippen molar-refractivity contribution in [2.45, 2.75) is 31.2 Å². The standard InChI is InChI=1S/C12H16N2O6S/c1-4-9(12(15)16)13(3)21(19,20)11-7-5-6-10(8(11)2)14(17)18/h5-7,9H,4H2,1-3H3,(H,15,16). The third-order valence-corrected chi connectivity index (χ3v) is 5.23. The molecule has 1 rings (SSSR count). The molecule has 0 amide bonds. The van der Waals surface area contributed by atoms with Gasteiger partial charge >= 0.3 is 5.97 Å². The van der Waals surface area contributed by atoms with Crippen LogP contribution in [0.15, 0.2) is 23.1 Å². The van der Waals surface area contributed by atoms with E-state index in [0.717, 1.165) is 11.4 Å². The quantitative estimate of drug-likeness (QED) is 0.626. The lowest BCUT2D eigenvalue weighted by Gasteiger charge is -2.23. The number of hydrogen-bond donors (Lipinski definition) is 1. The van der Waals surface area contributed by atoms with Crippen LogP contribution in [0.3, 0.4) is 0 Å². The smallest absolute Gasteiger partial charge is 0.321 e. The van der Waals surface area contributed by atoms with Crippen molar-refractivity contribution in [3.8, 4) is 0 Å². The van der Waals surface area contributed by atoms with E-state index in [4.69, 9.17) is 5.11 Å². The molecule has 0 saturated heterocycles. The molecular formula is C12H16N2O6S. The van der Waals surface area contributed by atoms with Crippen molar-refractivity contribution < 1.29 is 23.2 Å². The van der Waals surface area contributed by atoms with Crippen LogP contribution in [-0.4, -0.2) is 41.8 Å². The molecule has 0 saturated carbocycles. The van der Waals surface area contributed by atoms with Gasteiger partial charge in [0.05, 0.1) is 9.82 Å². The van der Waals surface area contributed by atoms with E-state index in [2.05, 4.69) is 0 Å². The Hall–Kier alpha value is -2.00. The molecule has 0 radical (unpaired) electrons. The summed E-state index contributed by atoms with van der Waals surface area (Å²) in [5.41, 5.74) is -0.345. The summed E-state index contributed by atoms with van der Waals surface area (Å²) in [5, 5.41) is 19.9. The molecule has 0 aliphatic carbocycles. The molecular weight excluding hydrogens is 300 g/mol. The molecule has 0 bridgehead atoms. The van der Waals surface area contributed by atoms with E-state index in [0.29, 0.717) is 0 Å². The Labute approximate surface area is 122 Å². The van der Waals surface area contributed by atoms with Crippen molar-refractivity contribution in [3.63, 3.8) is 0 Å². The number of hydrogen-bond acceptors (Lipinski definition) is 5. The second-order valence-corrected chi connectivity index (χ2v) is 6.41. The lowest BCUT2D eigenvalue weighted by molar-refractivity contribution is -0.385. The van der Waals surface area contributed by atoms with Crippen molar-refractivity contribution in [3.05, 3.63) is 33.9 Å². The van der Waals surface area contributed by atoms with Crippen LogP contribution in [0.2, 0.25) is 0 Å². The molecule has 1 aromatic rings. The minimum absolute atomic E-state index is 0.0189. The van der Waals surface area contributed by atoms with Crippen LogP contribution in [0, 0.1) is 17.0 Å². The van der Waals surface area contributed by atoms with Crippen LogP contribution in [-0.2, 0) is 14.8 Å². The number of sulfonamides is 1. The Bertz CT molecular complexity index is 670. The summed E-state index contributed by atoms with van der Waals surface area (Å²) in [5.74, 6) is -1.27. The predicted molar refractivity (Wildman–Crippen MR) is 74.5 cm³/mol. The van der Waals surface area contributed by atoms with E-state index in [-0.39, 0.29) is 22.6 Å². The summed E-state index contributed by atoms with van der Waals surface area (Å²) >= 11 is 0. The monoisotopic (exact) mass is 316 g/mol. The number of nitro benzene ring substituents is 1. The number of carbonyl (C=O) groups is 1. The Balaban J connectivity index is 3.41. The largest absolute Gasteiger partial charge is 0.480 e. The molecule has 21 heavy (non-hydrogen) atoms. The van der Waals surface area contributed by atoms with Gasteiger partial charge in [0.15, 0.2) is 0 Å². The lowest BCUT2D eigenvalue weighted by atomic mass is 10.2. The van der Waals surface area contributed by atoms with Gasteiger partial charge in [-0.3, -0.25) is 14.9 Å². The minimum Gasteiger partial charge on any atom is -0.480 e. The molecule has 0 fully saturated rings. The molecule has 1 unspecified atom stereocenters. The Kier molecular flexibility index (Phi) is 5.02. The van der Waals surface area contributed by atoms with E-state index in [1.165, 1.54) is 25.1 Å². The number of rotatable bonds is 6. The van der Waals surface area contributed by atoms with Gasteiger partial charge in [-0.2, -0.15) is 4.31 Å². The highest BCUT2D eigenvalue weighted by Crippen LogP contribution is 2.27. The third-order valence-electron chi connectivity index (χ3n) is 3.22. The third kappa shape index (κ3) is 3.19. The van der Waals surface area contributed by atoms with Gasteiger partial charge in [-0.1, -0.05) is 13.0 Å². The predicted octanol–water partition coefficient (Wildman–Crippen LogP) is 1.39. The summed E-state index contributed by atoms with van der Waals surface area (Å²) in [6.07, 6.45) is 0.0824. The zero-order chi connectivity index (χ0) is 16.4. The van der Waals surface area contributed by atoms with Gasteiger partial charge < -0.3 is 5.11 Å². The van der Waals surface area contributed by atoms with Crippen LogP contribution in [0.5, 0.6) is 0 Å². The number of nitro groups is 1. The molecule has 1 N–H and O–H groups in total. The van der Waals surface area contributed by atoms with Crippen LogP contribution in [0.1, 0.15) is 18.9 Å². The average Bonchev–Trinajstić information content (AvgIpc) is 2.38. The van der Waals surface area contributed by atoms with Crippen molar-refractivity contribution in [2.24, 2.45) is 0 Å². The highest BCUT2D eigenvalue weighted by atomic mass is 32.2. The highest BCUT2D eigenvalue weighted by molar-refractivity contribution is 7.89. The van der Waals surface area contributed by atoms with Crippen LogP contribution < -0.4 is 0 Å². The fraction of sp³-hybridized carbons (Fsp3) is 0.417. The summed E-state index contributed by atoms with van der Waals surface area (Å²) in [6.45, 7) is 2.87. The van der Waals surface area contributed by atoms with Gasteiger partial charge in [0.25, 0.3) is 5.69 Å². The van der Waals surface area contributed by atoms with Crippen molar-refractivity contribution in [1.82, 2.24) is 4.31 Å². The zero-order valence-corrected chi connectivity index (χ0v) is 12.6.